The lowest BCUT2D eigenvalue weighted by Gasteiger charge is -2.17. The van der Waals surface area contributed by atoms with Gasteiger partial charge in [0.2, 0.25) is 0 Å². The molecule has 2 aromatic carbocycles. The summed E-state index contributed by atoms with van der Waals surface area (Å²) in [4.78, 5) is 2.05. The van der Waals surface area contributed by atoms with Crippen molar-refractivity contribution < 1.29 is 9.30 Å². The molecule has 132 valence electrons. The summed E-state index contributed by atoms with van der Waals surface area (Å²) in [6, 6.07) is 16.0. The van der Waals surface area contributed by atoms with Crippen LogP contribution in [-0.2, 0) is 7.05 Å². The lowest BCUT2D eigenvalue weighted by atomic mass is 10.2. The summed E-state index contributed by atoms with van der Waals surface area (Å²) in [5.41, 5.74) is 2.94. The van der Waals surface area contributed by atoms with Crippen LogP contribution in [-0.4, -0.2) is 20.7 Å². The zero-order valence-corrected chi connectivity index (χ0v) is 15.8. The van der Waals surface area contributed by atoms with Crippen molar-refractivity contribution in [3.8, 4) is 11.8 Å². The fraction of sp³-hybridized carbons (Fsp3) is 0.263. The molecule has 3 aromatic rings. The van der Waals surface area contributed by atoms with Crippen molar-refractivity contribution in [2.75, 3.05) is 25.6 Å². The van der Waals surface area contributed by atoms with Crippen molar-refractivity contribution in [2.24, 2.45) is 17.3 Å². The molecule has 6 nitrogen and oxygen atoms in total. The highest BCUT2D eigenvalue weighted by Crippen LogP contribution is 2.30. The van der Waals surface area contributed by atoms with Gasteiger partial charge in [-0.25, -0.2) is 4.57 Å². The van der Waals surface area contributed by atoms with Crippen LogP contribution in [0.2, 0.25) is 0 Å². The number of aromatic nitrogens is 1. The van der Waals surface area contributed by atoms with E-state index in [4.69, 9.17) is 10.00 Å². The lowest BCUT2D eigenvalue weighted by Crippen LogP contribution is -2.25. The first-order chi connectivity index (χ1) is 12.6. The van der Waals surface area contributed by atoms with Gasteiger partial charge >= 0.3 is 5.13 Å². The number of benzene rings is 2. The Morgan fingerprint density at radius 3 is 2.65 bits per heavy atom. The highest BCUT2D eigenvalue weighted by molar-refractivity contribution is 7.21. The number of anilines is 1. The van der Waals surface area contributed by atoms with Crippen LogP contribution in [0.3, 0.4) is 0 Å². The number of fused-ring (bicyclic) bond motifs is 1. The molecule has 0 saturated carbocycles. The molecule has 0 saturated heterocycles. The third kappa shape index (κ3) is 3.81. The highest BCUT2D eigenvalue weighted by Gasteiger charge is 2.16. The Morgan fingerprint density at radius 2 is 1.96 bits per heavy atom. The van der Waals surface area contributed by atoms with Crippen molar-refractivity contribution in [3.05, 3.63) is 42.5 Å². The number of hydrogen-bond acceptors (Lipinski definition) is 6. The van der Waals surface area contributed by atoms with Crippen molar-refractivity contribution in [2.45, 2.75) is 6.42 Å². The minimum Gasteiger partial charge on any atom is -0.497 e. The van der Waals surface area contributed by atoms with Crippen LogP contribution in [0.1, 0.15) is 6.42 Å². The topological polar surface area (TPSA) is 64.9 Å². The van der Waals surface area contributed by atoms with Crippen molar-refractivity contribution in [3.63, 3.8) is 0 Å². The van der Waals surface area contributed by atoms with Crippen LogP contribution in [0.5, 0.6) is 5.75 Å². The van der Waals surface area contributed by atoms with Gasteiger partial charge in [0.25, 0.3) is 0 Å². The van der Waals surface area contributed by atoms with Gasteiger partial charge in [-0.15, -0.1) is 0 Å². The number of thiazole rings is 1. The molecule has 0 aliphatic heterocycles. The number of methoxy groups -OCH3 is 1. The first-order valence-electron chi connectivity index (χ1n) is 8.19. The minimum atomic E-state index is 0.505. The number of nitrogens with zero attached hydrogens (tertiary/aromatic N) is 5. The summed E-state index contributed by atoms with van der Waals surface area (Å²) in [6.07, 6.45) is 0.505. The van der Waals surface area contributed by atoms with Gasteiger partial charge < -0.3 is 9.64 Å². The molecule has 26 heavy (non-hydrogen) atoms. The van der Waals surface area contributed by atoms with Gasteiger partial charge in [-0.3, -0.25) is 0 Å². The molecule has 3 rings (SSSR count). The average molecular weight is 366 g/mol. The van der Waals surface area contributed by atoms with Crippen LogP contribution in [0.4, 0.5) is 16.5 Å². The maximum absolute atomic E-state index is 8.68. The van der Waals surface area contributed by atoms with Crippen molar-refractivity contribution in [1.82, 2.24) is 0 Å². The standard InChI is InChI=1S/C19H20N5OS/c1-23(12-4-11-20)15-7-5-14(6-8-15)21-22-19-24(2)17-10-9-16(25-3)13-18(17)26-19/h5-10,13H,4,12H2,1-3H3/q+1. The van der Waals surface area contributed by atoms with Crippen LogP contribution in [0.25, 0.3) is 10.2 Å². The first-order valence-corrected chi connectivity index (χ1v) is 9.00. The first kappa shape index (κ1) is 17.8. The van der Waals surface area contributed by atoms with Crippen molar-refractivity contribution in [1.29, 1.82) is 5.26 Å². The molecule has 0 fully saturated rings. The summed E-state index contributed by atoms with van der Waals surface area (Å²) >= 11 is 1.57. The predicted molar refractivity (Wildman–Crippen MR) is 104 cm³/mol. The van der Waals surface area contributed by atoms with E-state index >= 15 is 0 Å². The van der Waals surface area contributed by atoms with E-state index in [9.17, 15) is 0 Å². The van der Waals surface area contributed by atoms with Gasteiger partial charge in [0.05, 0.1) is 36.5 Å². The normalized spacial score (nSPS) is 11.0. The van der Waals surface area contributed by atoms with E-state index in [1.807, 2.05) is 66.0 Å². The minimum absolute atomic E-state index is 0.505. The van der Waals surface area contributed by atoms with Gasteiger partial charge in [-0.2, -0.15) is 5.26 Å². The molecule has 7 heteroatoms. The molecule has 1 heterocycles. The Kier molecular flexibility index (Phi) is 5.44. The molecule has 0 N–H and O–H groups in total. The molecule has 0 unspecified atom stereocenters. The quantitative estimate of drug-likeness (QED) is 0.476. The molecular formula is C19H20N5OS+. The van der Waals surface area contributed by atoms with Crippen molar-refractivity contribution >= 4 is 38.1 Å². The zero-order chi connectivity index (χ0) is 18.5. The lowest BCUT2D eigenvalue weighted by molar-refractivity contribution is -0.627. The van der Waals surface area contributed by atoms with E-state index in [-0.39, 0.29) is 0 Å². The molecule has 0 radical (unpaired) electrons. The molecule has 0 amide bonds. The number of aryl methyl sites for hydroxylation is 1. The van der Waals surface area contributed by atoms with E-state index in [2.05, 4.69) is 16.3 Å². The van der Waals surface area contributed by atoms with Gasteiger partial charge in [0.1, 0.15) is 17.0 Å². The van der Waals surface area contributed by atoms with Crippen LogP contribution >= 0.6 is 11.3 Å². The summed E-state index contributed by atoms with van der Waals surface area (Å²) in [6.45, 7) is 0.707. The Labute approximate surface area is 156 Å². The second kappa shape index (κ2) is 7.93. The number of hydrogen-bond donors (Lipinski definition) is 0. The van der Waals surface area contributed by atoms with E-state index < -0.39 is 0 Å². The summed E-state index contributed by atoms with van der Waals surface area (Å²) < 4.78 is 8.40. The number of nitriles is 1. The number of ether oxygens (including phenoxy) is 1. The van der Waals surface area contributed by atoms with Gasteiger partial charge in [-0.05, 0) is 52.8 Å². The van der Waals surface area contributed by atoms with Gasteiger partial charge in [0, 0.05) is 25.3 Å². The zero-order valence-electron chi connectivity index (χ0n) is 15.0. The maximum Gasteiger partial charge on any atom is 0.409 e. The Bertz CT molecular complexity index is 972. The molecule has 0 spiro atoms. The summed E-state index contributed by atoms with van der Waals surface area (Å²) in [7, 11) is 5.61. The van der Waals surface area contributed by atoms with Crippen LogP contribution in [0, 0.1) is 11.3 Å². The Hall–Kier alpha value is -2.98. The smallest absolute Gasteiger partial charge is 0.409 e. The van der Waals surface area contributed by atoms with E-state index in [1.54, 1.807) is 18.4 Å². The number of azo groups is 1. The third-order valence-corrected chi connectivity index (χ3v) is 5.20. The second-order valence-electron chi connectivity index (χ2n) is 5.82. The fourth-order valence-corrected chi connectivity index (χ4v) is 3.56. The molecule has 0 aliphatic carbocycles. The van der Waals surface area contributed by atoms with E-state index in [0.717, 1.165) is 32.5 Å². The average Bonchev–Trinajstić information content (AvgIpc) is 2.99. The van der Waals surface area contributed by atoms with Crippen LogP contribution in [0.15, 0.2) is 52.7 Å². The molecule has 0 aliphatic rings. The van der Waals surface area contributed by atoms with Gasteiger partial charge in [0.15, 0.2) is 0 Å². The summed E-state index contributed by atoms with van der Waals surface area (Å²) in [5, 5.41) is 18.3. The number of rotatable bonds is 6. The molecule has 0 bridgehead atoms. The fourth-order valence-electron chi connectivity index (χ4n) is 2.56. The Balaban J connectivity index is 1.78. The van der Waals surface area contributed by atoms with E-state index in [0.29, 0.717) is 13.0 Å². The third-order valence-electron chi connectivity index (χ3n) is 4.12. The SMILES string of the molecule is COc1ccc2c(c1)sc(N=Nc1ccc(N(C)CCC#N)cc1)[n+]2C. The monoisotopic (exact) mass is 366 g/mol. The largest absolute Gasteiger partial charge is 0.497 e. The van der Waals surface area contributed by atoms with E-state index in [1.165, 1.54) is 0 Å². The Morgan fingerprint density at radius 1 is 1.19 bits per heavy atom. The molecular weight excluding hydrogens is 346 g/mol. The second-order valence-corrected chi connectivity index (χ2v) is 6.83. The summed E-state index contributed by atoms with van der Waals surface area (Å²) in [5.74, 6) is 0.832. The van der Waals surface area contributed by atoms with Crippen LogP contribution < -0.4 is 14.2 Å². The highest BCUT2D eigenvalue weighted by atomic mass is 32.1. The molecule has 0 atom stereocenters. The molecule has 1 aromatic heterocycles. The predicted octanol–water partition coefficient (Wildman–Crippen LogP) is 4.50. The van der Waals surface area contributed by atoms with Gasteiger partial charge in [-0.1, -0.05) is 0 Å². The maximum atomic E-state index is 8.68.